The van der Waals surface area contributed by atoms with Crippen molar-refractivity contribution < 1.29 is 14.4 Å². The predicted octanol–water partition coefficient (Wildman–Crippen LogP) is 5.60. The minimum absolute atomic E-state index is 0.210. The molecule has 1 aromatic heterocycles. The number of rotatable bonds is 8. The van der Waals surface area contributed by atoms with Gasteiger partial charge < -0.3 is 5.32 Å². The Morgan fingerprint density at radius 3 is 2.06 bits per heavy atom. The van der Waals surface area contributed by atoms with Crippen LogP contribution in [-0.2, 0) is 9.59 Å². The highest BCUT2D eigenvalue weighted by Crippen LogP contribution is 2.38. The number of amides is 4. The second-order valence-electron chi connectivity index (χ2n) is 9.57. The molecule has 2 heterocycles. The molecule has 34 heavy (non-hydrogen) atoms. The van der Waals surface area contributed by atoms with Crippen LogP contribution in [0.1, 0.15) is 83.0 Å². The van der Waals surface area contributed by atoms with Crippen LogP contribution in [0, 0.1) is 6.92 Å². The molecule has 1 N–H and O–H groups in total. The highest BCUT2D eigenvalue weighted by molar-refractivity contribution is 6.18. The summed E-state index contributed by atoms with van der Waals surface area (Å²) in [6, 6.07) is 9.13. The summed E-state index contributed by atoms with van der Waals surface area (Å²) in [5.74, 6) is -0.316. The van der Waals surface area contributed by atoms with E-state index < -0.39 is 11.6 Å². The smallest absolute Gasteiger partial charge is 0.324 e. The Balaban J connectivity index is 1.93. The summed E-state index contributed by atoms with van der Waals surface area (Å²) in [5, 5.41) is 3.02. The number of para-hydroxylation sites is 1. The van der Waals surface area contributed by atoms with Gasteiger partial charge in [-0.05, 0) is 54.9 Å². The third-order valence-electron chi connectivity index (χ3n) is 6.76. The van der Waals surface area contributed by atoms with Crippen LogP contribution in [0.25, 0.3) is 0 Å². The summed E-state index contributed by atoms with van der Waals surface area (Å²) < 4.78 is 0. The lowest BCUT2D eigenvalue weighted by molar-refractivity contribution is -0.133. The van der Waals surface area contributed by atoms with E-state index in [-0.39, 0.29) is 30.2 Å². The molecule has 0 radical (unpaired) electrons. The van der Waals surface area contributed by atoms with Crippen LogP contribution in [0.3, 0.4) is 0 Å². The molecule has 1 aromatic carbocycles. The Bertz CT molecular complexity index is 1050. The molecule has 0 bridgehead atoms. The van der Waals surface area contributed by atoms with E-state index >= 15 is 0 Å². The molecule has 1 aliphatic rings. The fourth-order valence-corrected chi connectivity index (χ4v) is 4.71. The molecule has 0 aliphatic carbocycles. The topological polar surface area (TPSA) is 82.6 Å². The third-order valence-corrected chi connectivity index (χ3v) is 6.76. The molecule has 0 spiro atoms. The van der Waals surface area contributed by atoms with E-state index in [0.29, 0.717) is 18.5 Å². The second kappa shape index (κ2) is 9.95. The molecular formula is C27H36N4O3. The average molecular weight is 465 g/mol. The Morgan fingerprint density at radius 2 is 1.59 bits per heavy atom. The first kappa shape index (κ1) is 25.4. The van der Waals surface area contributed by atoms with Gasteiger partial charge in [-0.2, -0.15) is 0 Å². The first-order chi connectivity index (χ1) is 16.1. The van der Waals surface area contributed by atoms with Crippen LogP contribution in [0.4, 0.5) is 16.2 Å². The molecule has 0 atom stereocenters. The van der Waals surface area contributed by atoms with Crippen molar-refractivity contribution in [3.8, 4) is 0 Å². The van der Waals surface area contributed by atoms with Crippen molar-refractivity contribution in [2.45, 2.75) is 78.7 Å². The van der Waals surface area contributed by atoms with Gasteiger partial charge in [0.25, 0.3) is 5.91 Å². The van der Waals surface area contributed by atoms with Crippen molar-refractivity contribution in [1.82, 2.24) is 9.88 Å². The fraction of sp³-hybridized carbons (Fsp3) is 0.481. The van der Waals surface area contributed by atoms with Crippen LogP contribution in [-0.4, -0.2) is 39.8 Å². The van der Waals surface area contributed by atoms with Gasteiger partial charge in [0.15, 0.2) is 0 Å². The summed E-state index contributed by atoms with van der Waals surface area (Å²) >= 11 is 0. The largest absolute Gasteiger partial charge is 0.332 e. The van der Waals surface area contributed by atoms with Crippen molar-refractivity contribution in [1.29, 1.82) is 0 Å². The number of carbonyl (C=O) groups excluding carboxylic acids is 3. The zero-order chi connectivity index (χ0) is 25.2. The molecule has 182 valence electrons. The van der Waals surface area contributed by atoms with Crippen molar-refractivity contribution >= 4 is 29.2 Å². The molecule has 3 rings (SSSR count). The van der Waals surface area contributed by atoms with Crippen molar-refractivity contribution in [2.75, 3.05) is 16.8 Å². The predicted molar refractivity (Wildman–Crippen MR) is 135 cm³/mol. The standard InChI is InChI=1S/C27H36N4O3/c1-8-27(9-2)25(33)30(26(34)31(27)20-14-13-19(7)28-15-20)16-23(32)29-24-21(17(3)4)11-10-12-22(24)18(5)6/h10-15,17-18H,8-9,16H2,1-7H3,(H,29,32). The molecule has 7 heteroatoms. The van der Waals surface area contributed by atoms with Crippen LogP contribution in [0.5, 0.6) is 0 Å². The summed E-state index contributed by atoms with van der Waals surface area (Å²) in [6.07, 6.45) is 2.49. The van der Waals surface area contributed by atoms with Gasteiger partial charge in [-0.25, -0.2) is 4.79 Å². The lowest BCUT2D eigenvalue weighted by Crippen LogP contribution is -2.49. The Hall–Kier alpha value is -3.22. The Kier molecular flexibility index (Phi) is 7.44. The fourth-order valence-electron chi connectivity index (χ4n) is 4.71. The monoisotopic (exact) mass is 464 g/mol. The SMILES string of the molecule is CCC1(CC)C(=O)N(CC(=O)Nc2c(C(C)C)cccc2C(C)C)C(=O)N1c1ccc(C)nc1. The minimum Gasteiger partial charge on any atom is -0.324 e. The maximum absolute atomic E-state index is 13.6. The van der Waals surface area contributed by atoms with Crippen LogP contribution in [0.15, 0.2) is 36.5 Å². The number of nitrogens with one attached hydrogen (secondary N) is 1. The van der Waals surface area contributed by atoms with Gasteiger partial charge >= 0.3 is 6.03 Å². The summed E-state index contributed by atoms with van der Waals surface area (Å²) in [6.45, 7) is 13.6. The van der Waals surface area contributed by atoms with Gasteiger partial charge in [-0.3, -0.25) is 24.4 Å². The van der Waals surface area contributed by atoms with Crippen LogP contribution < -0.4 is 10.2 Å². The molecule has 7 nitrogen and oxygen atoms in total. The molecule has 0 unspecified atom stereocenters. The van der Waals surface area contributed by atoms with Gasteiger partial charge in [0, 0.05) is 11.4 Å². The molecular weight excluding hydrogens is 428 g/mol. The number of nitrogens with zero attached hydrogens (tertiary/aromatic N) is 3. The van der Waals surface area contributed by atoms with Crippen LogP contribution in [0.2, 0.25) is 0 Å². The number of urea groups is 1. The second-order valence-corrected chi connectivity index (χ2v) is 9.57. The number of pyridine rings is 1. The van der Waals surface area contributed by atoms with Crippen molar-refractivity contribution in [3.05, 3.63) is 53.3 Å². The van der Waals surface area contributed by atoms with Gasteiger partial charge in [0.2, 0.25) is 5.91 Å². The lowest BCUT2D eigenvalue weighted by atomic mass is 9.90. The van der Waals surface area contributed by atoms with E-state index in [1.54, 1.807) is 12.3 Å². The van der Waals surface area contributed by atoms with Crippen LogP contribution >= 0.6 is 0 Å². The molecule has 1 saturated heterocycles. The number of carbonyl (C=O) groups is 3. The zero-order valence-corrected chi connectivity index (χ0v) is 21.3. The quantitative estimate of drug-likeness (QED) is 0.515. The van der Waals surface area contributed by atoms with E-state index in [2.05, 4.69) is 38.0 Å². The number of benzene rings is 1. The van der Waals surface area contributed by atoms with E-state index in [1.165, 1.54) is 4.90 Å². The molecule has 4 amide bonds. The summed E-state index contributed by atoms with van der Waals surface area (Å²) in [4.78, 5) is 47.1. The number of hydrogen-bond donors (Lipinski definition) is 1. The molecule has 1 aliphatic heterocycles. The van der Waals surface area contributed by atoms with Crippen molar-refractivity contribution in [2.24, 2.45) is 0 Å². The van der Waals surface area contributed by atoms with E-state index in [1.807, 2.05) is 45.0 Å². The highest BCUT2D eigenvalue weighted by atomic mass is 16.2. The maximum atomic E-state index is 13.6. The van der Waals surface area contributed by atoms with Gasteiger partial charge in [0.1, 0.15) is 12.1 Å². The third kappa shape index (κ3) is 4.43. The highest BCUT2D eigenvalue weighted by Gasteiger charge is 2.56. The normalized spacial score (nSPS) is 15.6. The number of aromatic nitrogens is 1. The maximum Gasteiger partial charge on any atom is 0.332 e. The minimum atomic E-state index is -1.03. The molecule has 1 fully saturated rings. The Labute approximate surface area is 202 Å². The molecule has 0 saturated carbocycles. The number of hydrogen-bond acceptors (Lipinski definition) is 4. The van der Waals surface area contributed by atoms with E-state index in [9.17, 15) is 14.4 Å². The summed E-state index contributed by atoms with van der Waals surface area (Å²) in [7, 11) is 0. The number of anilines is 2. The lowest BCUT2D eigenvalue weighted by Gasteiger charge is -2.33. The first-order valence-electron chi connectivity index (χ1n) is 12.1. The summed E-state index contributed by atoms with van der Waals surface area (Å²) in [5.41, 5.74) is 3.18. The van der Waals surface area contributed by atoms with Gasteiger partial charge in [0.05, 0.1) is 11.9 Å². The Morgan fingerprint density at radius 1 is 1.00 bits per heavy atom. The zero-order valence-electron chi connectivity index (χ0n) is 21.3. The number of imide groups is 1. The average Bonchev–Trinajstić information content (AvgIpc) is 3.00. The molecule has 2 aromatic rings. The van der Waals surface area contributed by atoms with Gasteiger partial charge in [-0.15, -0.1) is 0 Å². The van der Waals surface area contributed by atoms with Gasteiger partial charge in [-0.1, -0.05) is 59.7 Å². The number of aryl methyl sites for hydroxylation is 1. The van der Waals surface area contributed by atoms with E-state index in [4.69, 9.17) is 0 Å². The first-order valence-corrected chi connectivity index (χ1v) is 12.1. The van der Waals surface area contributed by atoms with Crippen molar-refractivity contribution in [3.63, 3.8) is 0 Å². The van der Waals surface area contributed by atoms with E-state index in [0.717, 1.165) is 27.4 Å².